The first-order valence-corrected chi connectivity index (χ1v) is 6.80. The monoisotopic (exact) mass is 279 g/mol. The van der Waals surface area contributed by atoms with E-state index in [2.05, 4.69) is 0 Å². The number of rotatable bonds is 5. The van der Waals surface area contributed by atoms with Crippen LogP contribution in [0.3, 0.4) is 0 Å². The van der Waals surface area contributed by atoms with Crippen molar-refractivity contribution in [3.05, 3.63) is 52.0 Å². The highest BCUT2D eigenvalue weighted by molar-refractivity contribution is 7.09. The van der Waals surface area contributed by atoms with Gasteiger partial charge in [-0.25, -0.2) is 9.18 Å². The third-order valence-corrected chi connectivity index (χ3v) is 3.70. The van der Waals surface area contributed by atoms with Crippen LogP contribution in [0.25, 0.3) is 0 Å². The lowest BCUT2D eigenvalue weighted by molar-refractivity contribution is 0.0697. The fraction of sp³-hybridized carbons (Fsp3) is 0.214. The summed E-state index contributed by atoms with van der Waals surface area (Å²) in [4.78, 5) is 14.3. The van der Waals surface area contributed by atoms with Gasteiger partial charge in [0.05, 0.1) is 17.8 Å². The molecule has 0 atom stereocenters. The van der Waals surface area contributed by atoms with Gasteiger partial charge in [-0.3, -0.25) is 0 Å². The van der Waals surface area contributed by atoms with E-state index in [4.69, 9.17) is 5.11 Å². The minimum absolute atomic E-state index is 0.00148. The number of aromatic carboxylic acids is 1. The van der Waals surface area contributed by atoms with Crippen molar-refractivity contribution in [3.8, 4) is 0 Å². The van der Waals surface area contributed by atoms with Crippen molar-refractivity contribution in [3.63, 3.8) is 0 Å². The van der Waals surface area contributed by atoms with Crippen LogP contribution in [0.15, 0.2) is 35.7 Å². The number of carbonyl (C=O) groups is 1. The van der Waals surface area contributed by atoms with Crippen LogP contribution in [-0.2, 0) is 6.54 Å². The van der Waals surface area contributed by atoms with Gasteiger partial charge in [-0.1, -0.05) is 6.07 Å². The van der Waals surface area contributed by atoms with Gasteiger partial charge in [-0.2, -0.15) is 0 Å². The molecule has 0 aliphatic heterocycles. The maximum absolute atomic E-state index is 13.2. The molecule has 1 aromatic carbocycles. The highest BCUT2D eigenvalue weighted by Gasteiger charge is 2.16. The number of hydrogen-bond donors (Lipinski definition) is 1. The van der Waals surface area contributed by atoms with Crippen LogP contribution in [0, 0.1) is 5.82 Å². The summed E-state index contributed by atoms with van der Waals surface area (Å²) >= 11 is 1.62. The lowest BCUT2D eigenvalue weighted by Crippen LogP contribution is -2.23. The minimum Gasteiger partial charge on any atom is -0.478 e. The van der Waals surface area contributed by atoms with E-state index in [-0.39, 0.29) is 5.56 Å². The van der Waals surface area contributed by atoms with Gasteiger partial charge in [0, 0.05) is 11.4 Å². The standard InChI is InChI=1S/C14H14FNO2S/c1-2-16(9-11-4-3-7-19-11)13-6-5-10(15)8-12(13)14(17)18/h3-8H,2,9H2,1H3,(H,17,18). The van der Waals surface area contributed by atoms with Gasteiger partial charge in [-0.05, 0) is 36.6 Å². The summed E-state index contributed by atoms with van der Waals surface area (Å²) in [6.45, 7) is 3.23. The number of carboxylic acid groups (broad SMARTS) is 1. The van der Waals surface area contributed by atoms with E-state index in [1.165, 1.54) is 12.1 Å². The summed E-state index contributed by atoms with van der Waals surface area (Å²) in [6.07, 6.45) is 0. The molecular weight excluding hydrogens is 265 g/mol. The number of carboxylic acids is 1. The lowest BCUT2D eigenvalue weighted by Gasteiger charge is -2.24. The van der Waals surface area contributed by atoms with Crippen LogP contribution < -0.4 is 4.90 Å². The van der Waals surface area contributed by atoms with Gasteiger partial charge < -0.3 is 10.0 Å². The second-order valence-electron chi connectivity index (χ2n) is 4.06. The zero-order valence-corrected chi connectivity index (χ0v) is 11.3. The molecule has 0 spiro atoms. The second kappa shape index (κ2) is 5.84. The fourth-order valence-corrected chi connectivity index (χ4v) is 2.63. The fourth-order valence-electron chi connectivity index (χ4n) is 1.91. The molecule has 2 rings (SSSR count). The first-order valence-electron chi connectivity index (χ1n) is 5.92. The average Bonchev–Trinajstić information content (AvgIpc) is 2.89. The Morgan fingerprint density at radius 3 is 2.79 bits per heavy atom. The van der Waals surface area contributed by atoms with Gasteiger partial charge >= 0.3 is 5.97 Å². The number of hydrogen-bond acceptors (Lipinski definition) is 3. The Kier molecular flexibility index (Phi) is 4.16. The largest absolute Gasteiger partial charge is 0.478 e. The predicted octanol–water partition coefficient (Wildman–Crippen LogP) is 3.61. The topological polar surface area (TPSA) is 40.5 Å². The Bertz CT molecular complexity index is 569. The van der Waals surface area contributed by atoms with Gasteiger partial charge in [0.1, 0.15) is 5.82 Å². The van der Waals surface area contributed by atoms with E-state index in [9.17, 15) is 9.18 Å². The molecule has 0 aliphatic rings. The Morgan fingerprint density at radius 2 is 2.21 bits per heavy atom. The van der Waals surface area contributed by atoms with Crippen LogP contribution in [0.4, 0.5) is 10.1 Å². The van der Waals surface area contributed by atoms with Crippen molar-refractivity contribution in [1.29, 1.82) is 0 Å². The Hall–Kier alpha value is -1.88. The molecule has 0 fully saturated rings. The van der Waals surface area contributed by atoms with Gasteiger partial charge in [0.15, 0.2) is 0 Å². The molecule has 0 saturated carbocycles. The molecule has 0 saturated heterocycles. The maximum atomic E-state index is 13.2. The molecule has 1 N–H and O–H groups in total. The zero-order chi connectivity index (χ0) is 13.8. The molecule has 0 radical (unpaired) electrons. The molecule has 1 aromatic heterocycles. The zero-order valence-electron chi connectivity index (χ0n) is 10.5. The summed E-state index contributed by atoms with van der Waals surface area (Å²) in [5.41, 5.74) is 0.545. The summed E-state index contributed by atoms with van der Waals surface area (Å²) in [5, 5.41) is 11.1. The third kappa shape index (κ3) is 3.12. The SMILES string of the molecule is CCN(Cc1cccs1)c1ccc(F)cc1C(=O)O. The van der Waals surface area contributed by atoms with Crippen molar-refractivity contribution in [1.82, 2.24) is 0 Å². The highest BCUT2D eigenvalue weighted by Crippen LogP contribution is 2.24. The van der Waals surface area contributed by atoms with Crippen molar-refractivity contribution in [2.24, 2.45) is 0 Å². The quantitative estimate of drug-likeness (QED) is 0.909. The van der Waals surface area contributed by atoms with Crippen LogP contribution in [0.1, 0.15) is 22.2 Å². The number of nitrogens with zero attached hydrogens (tertiary/aromatic N) is 1. The van der Waals surface area contributed by atoms with Crippen LogP contribution in [-0.4, -0.2) is 17.6 Å². The average molecular weight is 279 g/mol. The molecule has 2 aromatic rings. The number of anilines is 1. The normalized spacial score (nSPS) is 10.4. The maximum Gasteiger partial charge on any atom is 0.337 e. The van der Waals surface area contributed by atoms with E-state index < -0.39 is 11.8 Å². The first-order chi connectivity index (χ1) is 9.11. The van der Waals surface area contributed by atoms with Crippen molar-refractivity contribution in [2.45, 2.75) is 13.5 Å². The van der Waals surface area contributed by atoms with E-state index in [0.29, 0.717) is 18.8 Å². The van der Waals surface area contributed by atoms with Crippen LogP contribution in [0.5, 0.6) is 0 Å². The summed E-state index contributed by atoms with van der Waals surface area (Å²) in [5.74, 6) is -1.65. The molecule has 0 aliphatic carbocycles. The Labute approximate surface area is 114 Å². The molecule has 0 bridgehead atoms. The third-order valence-electron chi connectivity index (χ3n) is 2.84. The molecule has 0 unspecified atom stereocenters. The smallest absolute Gasteiger partial charge is 0.337 e. The van der Waals surface area contributed by atoms with Crippen molar-refractivity contribution in [2.75, 3.05) is 11.4 Å². The molecule has 3 nitrogen and oxygen atoms in total. The summed E-state index contributed by atoms with van der Waals surface area (Å²) in [6, 6.07) is 7.83. The van der Waals surface area contributed by atoms with Gasteiger partial charge in [-0.15, -0.1) is 11.3 Å². The molecule has 100 valence electrons. The van der Waals surface area contributed by atoms with Crippen molar-refractivity contribution < 1.29 is 14.3 Å². The van der Waals surface area contributed by atoms with E-state index >= 15 is 0 Å². The first kappa shape index (κ1) is 13.5. The Balaban J connectivity index is 2.35. The second-order valence-corrected chi connectivity index (χ2v) is 5.09. The minimum atomic E-state index is -1.11. The number of benzene rings is 1. The highest BCUT2D eigenvalue weighted by atomic mass is 32.1. The summed E-state index contributed by atoms with van der Waals surface area (Å²) in [7, 11) is 0. The lowest BCUT2D eigenvalue weighted by atomic mass is 10.1. The van der Waals surface area contributed by atoms with Gasteiger partial charge in [0.2, 0.25) is 0 Å². The molecule has 0 amide bonds. The molecule has 19 heavy (non-hydrogen) atoms. The van der Waals surface area contributed by atoms with E-state index in [1.807, 2.05) is 29.3 Å². The van der Waals surface area contributed by atoms with E-state index in [1.54, 1.807) is 11.3 Å². The Morgan fingerprint density at radius 1 is 1.42 bits per heavy atom. The summed E-state index contributed by atoms with van der Waals surface area (Å²) < 4.78 is 13.2. The van der Waals surface area contributed by atoms with Crippen LogP contribution >= 0.6 is 11.3 Å². The molecule has 1 heterocycles. The number of halogens is 1. The molecule has 5 heteroatoms. The molecular formula is C14H14FNO2S. The van der Waals surface area contributed by atoms with E-state index in [0.717, 1.165) is 10.9 Å². The number of thiophene rings is 1. The van der Waals surface area contributed by atoms with Crippen molar-refractivity contribution >= 4 is 23.0 Å². The van der Waals surface area contributed by atoms with Crippen LogP contribution in [0.2, 0.25) is 0 Å². The predicted molar refractivity (Wildman–Crippen MR) is 74.4 cm³/mol. The van der Waals surface area contributed by atoms with Gasteiger partial charge in [0.25, 0.3) is 0 Å².